The van der Waals surface area contributed by atoms with E-state index in [4.69, 9.17) is 0 Å². The first kappa shape index (κ1) is 25.1. The lowest BCUT2D eigenvalue weighted by molar-refractivity contribution is 0.0789. The third-order valence-corrected chi connectivity index (χ3v) is 8.49. The topological polar surface area (TPSA) is 79.7 Å². The first-order chi connectivity index (χ1) is 17.7. The monoisotopic (exact) mass is 490 g/mol. The van der Waals surface area contributed by atoms with E-state index >= 15 is 0 Å². The molecule has 2 aliphatic carbocycles. The van der Waals surface area contributed by atoms with Gasteiger partial charge < -0.3 is 4.98 Å². The molecule has 194 valence electrons. The van der Waals surface area contributed by atoms with Gasteiger partial charge in [0.05, 0.1) is 12.1 Å². The lowest BCUT2D eigenvalue weighted by atomic mass is 9.91. The Balaban J connectivity index is 1.53. The van der Waals surface area contributed by atoms with Crippen LogP contribution in [0, 0.1) is 0 Å². The van der Waals surface area contributed by atoms with Gasteiger partial charge in [0, 0.05) is 23.7 Å². The largest absolute Gasteiger partial charge is 0.322 e. The number of tetrazole rings is 1. The highest BCUT2D eigenvalue weighted by Gasteiger charge is 2.34. The maximum atomic E-state index is 13.3. The van der Waals surface area contributed by atoms with E-state index in [9.17, 15) is 4.79 Å². The molecule has 2 aromatic heterocycles. The smallest absolute Gasteiger partial charge is 0.252 e. The van der Waals surface area contributed by atoms with Crippen molar-refractivity contribution in [2.45, 2.75) is 122 Å². The number of pyridine rings is 1. The fourth-order valence-electron chi connectivity index (χ4n) is 6.46. The standard InChI is InChI=1S/C29H42N6O/c1-3-11-27(28-31-32-33-35(28)25-14-9-6-10-15-25)34(24-12-7-5-8-13-24)20-23-19-22-18-21(4-2)16-17-26(22)30-29(23)36/h16-19,24-25,27H,3-15,20H2,1-2H3,(H,30,36)/t27-/m1/s1. The Labute approximate surface area is 214 Å². The molecule has 0 aliphatic heterocycles. The molecule has 2 saturated carbocycles. The van der Waals surface area contributed by atoms with Crippen molar-refractivity contribution in [3.05, 3.63) is 51.6 Å². The maximum Gasteiger partial charge on any atom is 0.252 e. The predicted octanol–water partition coefficient (Wildman–Crippen LogP) is 6.26. The van der Waals surface area contributed by atoms with Crippen molar-refractivity contribution in [3.8, 4) is 0 Å². The van der Waals surface area contributed by atoms with Crippen LogP contribution < -0.4 is 5.56 Å². The number of aryl methyl sites for hydroxylation is 1. The van der Waals surface area contributed by atoms with Crippen molar-refractivity contribution in [1.82, 2.24) is 30.1 Å². The van der Waals surface area contributed by atoms with E-state index in [1.165, 1.54) is 56.9 Å². The average molecular weight is 491 g/mol. The van der Waals surface area contributed by atoms with Crippen LogP contribution >= 0.6 is 0 Å². The van der Waals surface area contributed by atoms with E-state index < -0.39 is 0 Å². The second-order valence-electron chi connectivity index (χ2n) is 10.9. The molecular formula is C29H42N6O. The van der Waals surface area contributed by atoms with Crippen molar-refractivity contribution in [2.75, 3.05) is 0 Å². The number of benzene rings is 1. The molecule has 0 saturated heterocycles. The molecule has 2 heterocycles. The second-order valence-corrected chi connectivity index (χ2v) is 10.9. The number of aromatic nitrogens is 5. The molecule has 0 spiro atoms. The predicted molar refractivity (Wildman–Crippen MR) is 144 cm³/mol. The van der Waals surface area contributed by atoms with Crippen molar-refractivity contribution < 1.29 is 0 Å². The molecule has 1 N–H and O–H groups in total. The van der Waals surface area contributed by atoms with Gasteiger partial charge in [-0.1, -0.05) is 64.9 Å². The summed E-state index contributed by atoms with van der Waals surface area (Å²) in [7, 11) is 0. The van der Waals surface area contributed by atoms with E-state index in [-0.39, 0.29) is 11.6 Å². The second kappa shape index (κ2) is 11.7. The quantitative estimate of drug-likeness (QED) is 0.383. The van der Waals surface area contributed by atoms with Crippen LogP contribution in [0.15, 0.2) is 29.1 Å². The lowest BCUT2D eigenvalue weighted by Gasteiger charge is -2.40. The van der Waals surface area contributed by atoms with Gasteiger partial charge in [0.2, 0.25) is 0 Å². The van der Waals surface area contributed by atoms with Gasteiger partial charge in [0.25, 0.3) is 5.56 Å². The van der Waals surface area contributed by atoms with E-state index in [0.29, 0.717) is 18.6 Å². The van der Waals surface area contributed by atoms with Crippen LogP contribution in [0.2, 0.25) is 0 Å². The molecule has 0 radical (unpaired) electrons. The Bertz CT molecular complexity index is 1190. The first-order valence-corrected chi connectivity index (χ1v) is 14.4. The Morgan fingerprint density at radius 3 is 2.50 bits per heavy atom. The molecule has 0 bridgehead atoms. The van der Waals surface area contributed by atoms with Gasteiger partial charge in [0.1, 0.15) is 0 Å². The normalized spacial score (nSPS) is 18.8. The molecule has 7 heteroatoms. The molecule has 2 fully saturated rings. The van der Waals surface area contributed by atoms with Crippen LogP contribution in [0.1, 0.15) is 120 Å². The molecule has 3 aromatic rings. The number of rotatable bonds is 9. The number of aromatic amines is 1. The van der Waals surface area contributed by atoms with E-state index in [0.717, 1.165) is 54.4 Å². The zero-order valence-electron chi connectivity index (χ0n) is 22.1. The number of nitrogens with one attached hydrogen (secondary N) is 1. The van der Waals surface area contributed by atoms with Crippen LogP contribution in [0.3, 0.4) is 0 Å². The molecule has 0 amide bonds. The van der Waals surface area contributed by atoms with Gasteiger partial charge in [-0.3, -0.25) is 9.69 Å². The summed E-state index contributed by atoms with van der Waals surface area (Å²) < 4.78 is 2.15. The van der Waals surface area contributed by atoms with E-state index in [1.54, 1.807) is 0 Å². The summed E-state index contributed by atoms with van der Waals surface area (Å²) in [5.74, 6) is 1.000. The minimum absolute atomic E-state index is 0.0229. The summed E-state index contributed by atoms with van der Waals surface area (Å²) in [6.07, 6.45) is 15.3. The SMILES string of the molecule is CCC[C@H](c1nnnn1C1CCCCC1)N(Cc1cc2cc(CC)ccc2[nH]c1=O)C1CCCCC1. The van der Waals surface area contributed by atoms with Crippen LogP contribution in [0.25, 0.3) is 10.9 Å². The van der Waals surface area contributed by atoms with Gasteiger partial charge >= 0.3 is 0 Å². The summed E-state index contributed by atoms with van der Waals surface area (Å²) in [5, 5.41) is 14.5. The van der Waals surface area contributed by atoms with Gasteiger partial charge in [0.15, 0.2) is 5.82 Å². The molecule has 0 unspecified atom stereocenters. The van der Waals surface area contributed by atoms with Crippen molar-refractivity contribution >= 4 is 10.9 Å². The molecular weight excluding hydrogens is 448 g/mol. The fourth-order valence-corrected chi connectivity index (χ4v) is 6.46. The highest BCUT2D eigenvalue weighted by molar-refractivity contribution is 5.79. The zero-order valence-corrected chi connectivity index (χ0v) is 22.1. The molecule has 36 heavy (non-hydrogen) atoms. The summed E-state index contributed by atoms with van der Waals surface area (Å²) in [6.45, 7) is 5.05. The van der Waals surface area contributed by atoms with Gasteiger partial charge in [-0.05, 0) is 78.1 Å². The summed E-state index contributed by atoms with van der Waals surface area (Å²) in [4.78, 5) is 19.0. The van der Waals surface area contributed by atoms with Crippen LogP contribution in [0.4, 0.5) is 0 Å². The van der Waals surface area contributed by atoms with Crippen molar-refractivity contribution in [1.29, 1.82) is 0 Å². The third-order valence-electron chi connectivity index (χ3n) is 8.49. The number of hydrogen-bond donors (Lipinski definition) is 1. The summed E-state index contributed by atoms with van der Waals surface area (Å²) >= 11 is 0. The highest BCUT2D eigenvalue weighted by Crippen LogP contribution is 2.36. The Hall–Kier alpha value is -2.54. The lowest BCUT2D eigenvalue weighted by Crippen LogP contribution is -2.41. The zero-order chi connectivity index (χ0) is 24.9. The third kappa shape index (κ3) is 5.41. The van der Waals surface area contributed by atoms with Crippen LogP contribution in [-0.4, -0.2) is 36.1 Å². The molecule has 1 aromatic carbocycles. The Morgan fingerprint density at radius 2 is 1.78 bits per heavy atom. The minimum atomic E-state index is 0.0229. The Kier molecular flexibility index (Phi) is 8.15. The van der Waals surface area contributed by atoms with Gasteiger partial charge in [-0.2, -0.15) is 0 Å². The summed E-state index contributed by atoms with van der Waals surface area (Å²) in [6, 6.07) is 9.44. The fraction of sp³-hybridized carbons (Fsp3) is 0.655. The molecule has 7 nitrogen and oxygen atoms in total. The van der Waals surface area contributed by atoms with Crippen LogP contribution in [-0.2, 0) is 13.0 Å². The number of fused-ring (bicyclic) bond motifs is 1. The van der Waals surface area contributed by atoms with E-state index in [1.807, 2.05) is 6.07 Å². The number of hydrogen-bond acceptors (Lipinski definition) is 5. The Morgan fingerprint density at radius 1 is 1.03 bits per heavy atom. The molecule has 5 rings (SSSR count). The highest BCUT2D eigenvalue weighted by atomic mass is 16.1. The average Bonchev–Trinajstić information content (AvgIpc) is 3.41. The molecule has 1 atom stereocenters. The molecule has 2 aliphatic rings. The van der Waals surface area contributed by atoms with Crippen LogP contribution in [0.5, 0.6) is 0 Å². The maximum absolute atomic E-state index is 13.3. The van der Waals surface area contributed by atoms with Crippen molar-refractivity contribution in [2.24, 2.45) is 0 Å². The summed E-state index contributed by atoms with van der Waals surface area (Å²) in [5.41, 5.74) is 3.07. The minimum Gasteiger partial charge on any atom is -0.322 e. The number of H-pyrrole nitrogens is 1. The first-order valence-electron chi connectivity index (χ1n) is 14.4. The van der Waals surface area contributed by atoms with E-state index in [2.05, 4.69) is 62.1 Å². The van der Waals surface area contributed by atoms with Gasteiger partial charge in [-0.25, -0.2) is 4.68 Å². The van der Waals surface area contributed by atoms with Crippen molar-refractivity contribution in [3.63, 3.8) is 0 Å². The number of nitrogens with zero attached hydrogens (tertiary/aromatic N) is 5. The van der Waals surface area contributed by atoms with Gasteiger partial charge in [-0.15, -0.1) is 5.10 Å².